The van der Waals surface area contributed by atoms with Crippen LogP contribution < -0.4 is 11.5 Å². The van der Waals surface area contributed by atoms with Gasteiger partial charge in [0.25, 0.3) is 0 Å². The molecule has 23 heavy (non-hydrogen) atoms. The Balaban J connectivity index is 4.18. The van der Waals surface area contributed by atoms with E-state index in [0.717, 1.165) is 24.2 Å². The average Bonchev–Trinajstić information content (AvgIpc) is 2.53. The molecule has 0 aliphatic heterocycles. The molecule has 0 aliphatic carbocycles. The summed E-state index contributed by atoms with van der Waals surface area (Å²) < 4.78 is 5.38. The first kappa shape index (κ1) is 22.2. The zero-order chi connectivity index (χ0) is 17.7. The molecule has 0 radical (unpaired) electrons. The number of thioether (sulfide) groups is 1. The Morgan fingerprint density at radius 2 is 2.00 bits per heavy atom. The molecule has 0 aromatic rings. The minimum Gasteiger partial charge on any atom is -0.465 e. The fourth-order valence-corrected chi connectivity index (χ4v) is 3.22. The van der Waals surface area contributed by atoms with Crippen LogP contribution in [0.4, 0.5) is 0 Å². The van der Waals surface area contributed by atoms with Gasteiger partial charge >= 0.3 is 5.97 Å². The van der Waals surface area contributed by atoms with Crippen molar-refractivity contribution in [2.75, 3.05) is 12.4 Å². The molecule has 4 nitrogen and oxygen atoms in total. The molecule has 1 atom stereocenters. The van der Waals surface area contributed by atoms with Crippen molar-refractivity contribution in [3.63, 3.8) is 0 Å². The lowest BCUT2D eigenvalue weighted by atomic mass is 10.0. The number of allylic oxidation sites excluding steroid dienone is 2. The van der Waals surface area contributed by atoms with Crippen LogP contribution in [0.5, 0.6) is 0 Å². The van der Waals surface area contributed by atoms with Crippen LogP contribution in [-0.4, -0.2) is 18.3 Å². The lowest BCUT2D eigenvalue weighted by Gasteiger charge is -2.14. The van der Waals surface area contributed by atoms with Gasteiger partial charge in [-0.05, 0) is 18.8 Å². The van der Waals surface area contributed by atoms with Crippen molar-refractivity contribution in [3.8, 4) is 0 Å². The molecular formula is C17H31ClN2O2S. The fraction of sp³-hybridized carbons (Fsp3) is 0.706. The highest BCUT2D eigenvalue weighted by Crippen LogP contribution is 2.28. The van der Waals surface area contributed by atoms with E-state index in [0.29, 0.717) is 29.7 Å². The molecule has 0 bridgehead atoms. The predicted octanol–water partition coefficient (Wildman–Crippen LogP) is 4.49. The van der Waals surface area contributed by atoms with Crippen LogP contribution in [0.25, 0.3) is 0 Å². The summed E-state index contributed by atoms with van der Waals surface area (Å²) in [5, 5.41) is 0.357. The smallest absolute Gasteiger partial charge is 0.306 e. The quantitative estimate of drug-likeness (QED) is 0.395. The second-order valence-electron chi connectivity index (χ2n) is 5.44. The van der Waals surface area contributed by atoms with E-state index in [9.17, 15) is 4.79 Å². The van der Waals surface area contributed by atoms with Gasteiger partial charge in [-0.2, -0.15) is 0 Å². The monoisotopic (exact) mass is 362 g/mol. The second-order valence-corrected chi connectivity index (χ2v) is 6.96. The summed E-state index contributed by atoms with van der Waals surface area (Å²) in [7, 11) is 0. The number of hydrogen-bond donors (Lipinski definition) is 2. The van der Waals surface area contributed by atoms with Gasteiger partial charge in [0.15, 0.2) is 0 Å². The van der Waals surface area contributed by atoms with E-state index >= 15 is 0 Å². The van der Waals surface area contributed by atoms with Crippen LogP contribution in [0, 0.1) is 5.92 Å². The third kappa shape index (κ3) is 10.6. The Hall–Kier alpha value is -0.810. The van der Waals surface area contributed by atoms with Gasteiger partial charge in [0.1, 0.15) is 5.82 Å². The molecule has 4 N–H and O–H groups in total. The summed E-state index contributed by atoms with van der Waals surface area (Å²) in [4.78, 5) is 12.6. The summed E-state index contributed by atoms with van der Waals surface area (Å²) in [6.45, 7) is 6.84. The first-order valence-electron chi connectivity index (χ1n) is 8.35. The second kappa shape index (κ2) is 13.6. The van der Waals surface area contributed by atoms with Gasteiger partial charge < -0.3 is 16.2 Å². The van der Waals surface area contributed by atoms with E-state index in [4.69, 9.17) is 27.8 Å². The fourth-order valence-electron chi connectivity index (χ4n) is 1.96. The molecule has 1 unspecified atom stereocenters. The molecular weight excluding hydrogens is 332 g/mol. The van der Waals surface area contributed by atoms with Crippen LogP contribution in [-0.2, 0) is 9.53 Å². The molecule has 0 aromatic heterocycles. The number of carbonyl (C=O) groups is 1. The zero-order valence-corrected chi connectivity index (χ0v) is 16.1. The van der Waals surface area contributed by atoms with E-state index < -0.39 is 0 Å². The Bertz CT molecular complexity index is 407. The normalized spacial score (nSPS) is 12.8. The first-order valence-corrected chi connectivity index (χ1v) is 9.72. The summed E-state index contributed by atoms with van der Waals surface area (Å²) in [6.07, 6.45) is 7.65. The minimum absolute atomic E-state index is 0.100. The van der Waals surface area contributed by atoms with Gasteiger partial charge in [-0.3, -0.25) is 4.79 Å². The van der Waals surface area contributed by atoms with Crippen LogP contribution in [0.2, 0.25) is 0 Å². The summed E-state index contributed by atoms with van der Waals surface area (Å²) in [5.74, 6) is 1.00. The highest BCUT2D eigenvalue weighted by Gasteiger charge is 2.11. The van der Waals surface area contributed by atoms with Gasteiger partial charge in [-0.15, -0.1) is 11.8 Å². The number of hydrogen-bond acceptors (Lipinski definition) is 5. The molecule has 0 aliphatic rings. The summed E-state index contributed by atoms with van der Waals surface area (Å²) in [5.41, 5.74) is 11.0. The largest absolute Gasteiger partial charge is 0.465 e. The third-order valence-electron chi connectivity index (χ3n) is 3.45. The molecule has 0 aromatic carbocycles. The third-order valence-corrected chi connectivity index (χ3v) is 5.07. The van der Waals surface area contributed by atoms with Crippen LogP contribution in [0.1, 0.15) is 59.3 Å². The number of nitrogens with two attached hydrogens (primary N) is 2. The minimum atomic E-state index is -0.163. The maximum Gasteiger partial charge on any atom is 0.306 e. The SMILES string of the molecule is CC/C=C(/SCCC(=O)OCC(CC)CCCC)C(Cl)=C(N)N. The highest BCUT2D eigenvalue weighted by molar-refractivity contribution is 8.03. The molecule has 0 fully saturated rings. The zero-order valence-electron chi connectivity index (χ0n) is 14.6. The Labute approximate surface area is 150 Å². The number of rotatable bonds is 12. The van der Waals surface area contributed by atoms with Crippen molar-refractivity contribution in [3.05, 3.63) is 21.8 Å². The lowest BCUT2D eigenvalue weighted by molar-refractivity contribution is -0.144. The average molecular weight is 363 g/mol. The van der Waals surface area contributed by atoms with E-state index in [1.165, 1.54) is 24.6 Å². The van der Waals surface area contributed by atoms with E-state index in [1.807, 2.05) is 13.0 Å². The maximum atomic E-state index is 11.8. The predicted molar refractivity (Wildman–Crippen MR) is 101 cm³/mol. The Kier molecular flexibility index (Phi) is 13.1. The molecule has 0 amide bonds. The molecule has 6 heteroatoms. The number of ether oxygens (including phenoxy) is 1. The summed E-state index contributed by atoms with van der Waals surface area (Å²) in [6, 6.07) is 0. The number of carbonyl (C=O) groups excluding carboxylic acids is 1. The topological polar surface area (TPSA) is 78.3 Å². The molecule has 0 saturated heterocycles. The van der Waals surface area contributed by atoms with Crippen LogP contribution >= 0.6 is 23.4 Å². The number of halogens is 1. The van der Waals surface area contributed by atoms with Gasteiger partial charge in [0.05, 0.1) is 18.1 Å². The van der Waals surface area contributed by atoms with Crippen molar-refractivity contribution in [1.82, 2.24) is 0 Å². The van der Waals surface area contributed by atoms with Gasteiger partial charge in [-0.1, -0.05) is 57.7 Å². The highest BCUT2D eigenvalue weighted by atomic mass is 35.5. The van der Waals surface area contributed by atoms with Gasteiger partial charge in [-0.25, -0.2) is 0 Å². The molecule has 0 saturated carbocycles. The number of unbranched alkanes of at least 4 members (excludes halogenated alkanes) is 1. The Morgan fingerprint density at radius 3 is 2.52 bits per heavy atom. The van der Waals surface area contributed by atoms with E-state index in [2.05, 4.69) is 13.8 Å². The standard InChI is InChI=1S/C17H31ClN2O2S/c1-4-7-9-13(6-3)12-22-15(21)10-11-23-14(8-5-2)16(18)17(19)20/h8,13H,4-7,9-12,19-20H2,1-3H3/b14-8+. The van der Waals surface area contributed by atoms with E-state index in [-0.39, 0.29) is 11.8 Å². The van der Waals surface area contributed by atoms with Crippen molar-refractivity contribution in [2.45, 2.75) is 59.3 Å². The summed E-state index contributed by atoms with van der Waals surface area (Å²) >= 11 is 7.55. The molecule has 0 heterocycles. The first-order chi connectivity index (χ1) is 11.0. The molecule has 134 valence electrons. The number of esters is 1. The van der Waals surface area contributed by atoms with Crippen LogP contribution in [0.3, 0.4) is 0 Å². The van der Waals surface area contributed by atoms with Gasteiger partial charge in [0, 0.05) is 10.7 Å². The van der Waals surface area contributed by atoms with E-state index in [1.54, 1.807) is 0 Å². The van der Waals surface area contributed by atoms with Crippen LogP contribution in [0.15, 0.2) is 21.8 Å². The van der Waals surface area contributed by atoms with Crippen molar-refractivity contribution in [1.29, 1.82) is 0 Å². The van der Waals surface area contributed by atoms with Crippen molar-refractivity contribution < 1.29 is 9.53 Å². The molecule has 0 spiro atoms. The lowest BCUT2D eigenvalue weighted by Crippen LogP contribution is -2.14. The Morgan fingerprint density at radius 1 is 1.30 bits per heavy atom. The van der Waals surface area contributed by atoms with Crippen molar-refractivity contribution >= 4 is 29.3 Å². The maximum absolute atomic E-state index is 11.8. The molecule has 0 rings (SSSR count). The van der Waals surface area contributed by atoms with Gasteiger partial charge in [0.2, 0.25) is 0 Å². The van der Waals surface area contributed by atoms with Crippen molar-refractivity contribution in [2.24, 2.45) is 17.4 Å².